The van der Waals surface area contributed by atoms with Gasteiger partial charge in [0.2, 0.25) is 5.88 Å². The molecular weight excluding hydrogens is 484 g/mol. The summed E-state index contributed by atoms with van der Waals surface area (Å²) in [6.45, 7) is 0. The zero-order chi connectivity index (χ0) is 25.8. The molecule has 2 heterocycles. The predicted octanol–water partition coefficient (Wildman–Crippen LogP) is 3.30. The number of benzene rings is 2. The third kappa shape index (κ3) is 4.73. The van der Waals surface area contributed by atoms with Crippen LogP contribution in [0, 0.1) is 4.77 Å². The Balaban J connectivity index is 1.77. The van der Waals surface area contributed by atoms with E-state index in [0.717, 1.165) is 22.7 Å². The summed E-state index contributed by atoms with van der Waals surface area (Å²) >= 11 is 5.30. The SMILES string of the molecule is COC(=O)[C@H](Cc1c[nH]c2ccccc12)N=Cc1c(O)n(-c2cc(OC)ccc2OC)c(=S)[nH]c1=O. The lowest BCUT2D eigenvalue weighted by Gasteiger charge is -2.16. The minimum Gasteiger partial charge on any atom is -0.497 e. The lowest BCUT2D eigenvalue weighted by atomic mass is 10.1. The molecule has 2 aromatic heterocycles. The zero-order valence-corrected chi connectivity index (χ0v) is 20.6. The topological polar surface area (TPSA) is 131 Å². The quantitative estimate of drug-likeness (QED) is 0.189. The molecule has 1 atom stereocenters. The number of ether oxygens (including phenoxy) is 3. The molecule has 3 N–H and O–H groups in total. The normalized spacial score (nSPS) is 12.1. The second kappa shape index (κ2) is 10.5. The summed E-state index contributed by atoms with van der Waals surface area (Å²) in [4.78, 5) is 35.2. The van der Waals surface area contributed by atoms with Crippen LogP contribution in [-0.2, 0) is 16.0 Å². The number of rotatable bonds is 8. The fourth-order valence-electron chi connectivity index (χ4n) is 3.86. The monoisotopic (exact) mass is 508 g/mol. The van der Waals surface area contributed by atoms with Gasteiger partial charge in [-0.2, -0.15) is 0 Å². The van der Waals surface area contributed by atoms with Gasteiger partial charge in [-0.25, -0.2) is 4.79 Å². The van der Waals surface area contributed by atoms with Gasteiger partial charge in [-0.3, -0.25) is 19.3 Å². The van der Waals surface area contributed by atoms with Crippen molar-refractivity contribution in [2.75, 3.05) is 21.3 Å². The van der Waals surface area contributed by atoms with Crippen LogP contribution in [0.1, 0.15) is 11.1 Å². The Morgan fingerprint density at radius 1 is 1.19 bits per heavy atom. The van der Waals surface area contributed by atoms with E-state index in [0.29, 0.717) is 17.2 Å². The molecule has 4 rings (SSSR count). The van der Waals surface area contributed by atoms with Crippen LogP contribution in [-0.4, -0.2) is 59.2 Å². The van der Waals surface area contributed by atoms with Gasteiger partial charge in [0.05, 0.1) is 27.0 Å². The summed E-state index contributed by atoms with van der Waals surface area (Å²) in [5, 5.41) is 12.0. The molecule has 2 aromatic carbocycles. The molecule has 0 aliphatic heterocycles. The fourth-order valence-corrected chi connectivity index (χ4v) is 4.13. The van der Waals surface area contributed by atoms with E-state index in [4.69, 9.17) is 26.4 Å². The van der Waals surface area contributed by atoms with Gasteiger partial charge in [-0.15, -0.1) is 0 Å². The number of carbonyl (C=O) groups excluding carboxylic acids is 1. The number of nitrogens with zero attached hydrogens (tertiary/aromatic N) is 2. The molecule has 0 radical (unpaired) electrons. The van der Waals surface area contributed by atoms with E-state index in [1.54, 1.807) is 24.4 Å². The van der Waals surface area contributed by atoms with Crippen molar-refractivity contribution in [2.24, 2.45) is 4.99 Å². The van der Waals surface area contributed by atoms with Crippen LogP contribution in [0.4, 0.5) is 0 Å². The number of hydrogen-bond acceptors (Lipinski definition) is 8. The Kier molecular flexibility index (Phi) is 7.20. The highest BCUT2D eigenvalue weighted by atomic mass is 32.1. The van der Waals surface area contributed by atoms with Crippen LogP contribution in [0.5, 0.6) is 17.4 Å². The van der Waals surface area contributed by atoms with E-state index in [2.05, 4.69) is 15.0 Å². The Morgan fingerprint density at radius 2 is 1.97 bits per heavy atom. The van der Waals surface area contributed by atoms with Crippen LogP contribution in [0.25, 0.3) is 16.6 Å². The molecule has 186 valence electrons. The standard InChI is InChI=1S/C25H24N4O6S/c1-33-15-8-9-21(34-2)20(11-15)29-23(31)17(22(30)28-25(29)36)13-27-19(24(32)35-3)10-14-12-26-18-7-5-4-6-16(14)18/h4-9,11-13,19,26,31H,10H2,1-3H3,(H,28,30,36)/t19-/m0/s1. The number of H-pyrrole nitrogens is 2. The number of carbonyl (C=O) groups is 1. The molecule has 0 aliphatic rings. The molecule has 0 unspecified atom stereocenters. The van der Waals surface area contributed by atoms with Gasteiger partial charge in [-0.05, 0) is 36.0 Å². The van der Waals surface area contributed by atoms with Gasteiger partial charge in [-0.1, -0.05) is 18.2 Å². The second-order valence-corrected chi connectivity index (χ2v) is 8.14. The third-order valence-electron chi connectivity index (χ3n) is 5.69. The van der Waals surface area contributed by atoms with Crippen LogP contribution in [0.2, 0.25) is 0 Å². The number of aliphatic imine (C=N–C) groups is 1. The van der Waals surface area contributed by atoms with Gasteiger partial charge in [0.15, 0.2) is 10.8 Å². The maximum Gasteiger partial charge on any atom is 0.330 e. The fraction of sp³-hybridized carbons (Fsp3) is 0.200. The maximum absolute atomic E-state index is 12.7. The van der Waals surface area contributed by atoms with E-state index < -0.39 is 23.5 Å². The van der Waals surface area contributed by atoms with E-state index in [1.165, 1.54) is 25.9 Å². The van der Waals surface area contributed by atoms with Crippen molar-refractivity contribution in [1.29, 1.82) is 0 Å². The highest BCUT2D eigenvalue weighted by Crippen LogP contribution is 2.31. The van der Waals surface area contributed by atoms with Crippen molar-refractivity contribution >= 4 is 35.3 Å². The van der Waals surface area contributed by atoms with Crippen molar-refractivity contribution in [3.8, 4) is 23.1 Å². The Labute approximate surface area is 210 Å². The Morgan fingerprint density at radius 3 is 2.69 bits per heavy atom. The molecule has 4 aromatic rings. The third-order valence-corrected chi connectivity index (χ3v) is 5.98. The Hall–Kier alpha value is -4.38. The number of esters is 1. The molecule has 36 heavy (non-hydrogen) atoms. The molecule has 0 bridgehead atoms. The summed E-state index contributed by atoms with van der Waals surface area (Å²) in [5.74, 6) is -0.202. The van der Waals surface area contributed by atoms with Crippen molar-refractivity contribution in [2.45, 2.75) is 12.5 Å². The first-order chi connectivity index (χ1) is 17.4. The first-order valence-corrected chi connectivity index (χ1v) is 11.3. The van der Waals surface area contributed by atoms with Crippen LogP contribution < -0.4 is 15.0 Å². The molecule has 0 aliphatic carbocycles. The molecule has 11 heteroatoms. The molecule has 0 spiro atoms. The largest absolute Gasteiger partial charge is 0.497 e. The number of para-hydroxylation sites is 1. The van der Waals surface area contributed by atoms with Gasteiger partial charge >= 0.3 is 5.97 Å². The van der Waals surface area contributed by atoms with E-state index in [9.17, 15) is 14.7 Å². The van der Waals surface area contributed by atoms with Crippen LogP contribution in [0.15, 0.2) is 58.4 Å². The van der Waals surface area contributed by atoms with Crippen molar-refractivity contribution in [3.05, 3.63) is 74.9 Å². The van der Waals surface area contributed by atoms with Crippen molar-refractivity contribution in [1.82, 2.24) is 14.5 Å². The zero-order valence-electron chi connectivity index (χ0n) is 19.8. The minimum atomic E-state index is -0.962. The second-order valence-electron chi connectivity index (χ2n) is 7.75. The average molecular weight is 509 g/mol. The highest BCUT2D eigenvalue weighted by molar-refractivity contribution is 7.71. The summed E-state index contributed by atoms with van der Waals surface area (Å²) in [6, 6.07) is 11.6. The van der Waals surface area contributed by atoms with Crippen molar-refractivity contribution < 1.29 is 24.1 Å². The molecule has 0 amide bonds. The average Bonchev–Trinajstić information content (AvgIpc) is 3.29. The number of aromatic nitrogens is 3. The van der Waals surface area contributed by atoms with Gasteiger partial charge < -0.3 is 24.3 Å². The molecule has 0 saturated heterocycles. The number of methoxy groups -OCH3 is 3. The van der Waals surface area contributed by atoms with Gasteiger partial charge in [0.25, 0.3) is 5.56 Å². The number of fused-ring (bicyclic) bond motifs is 1. The smallest absolute Gasteiger partial charge is 0.330 e. The summed E-state index contributed by atoms with van der Waals surface area (Å²) in [7, 11) is 4.22. The maximum atomic E-state index is 12.7. The van der Waals surface area contributed by atoms with Crippen molar-refractivity contribution in [3.63, 3.8) is 0 Å². The summed E-state index contributed by atoms with van der Waals surface area (Å²) in [6.07, 6.45) is 3.16. The predicted molar refractivity (Wildman–Crippen MR) is 137 cm³/mol. The lowest BCUT2D eigenvalue weighted by Crippen LogP contribution is -2.24. The highest BCUT2D eigenvalue weighted by Gasteiger charge is 2.22. The Bertz CT molecular complexity index is 1570. The molecular formula is C25H24N4O6S. The van der Waals surface area contributed by atoms with Crippen LogP contribution >= 0.6 is 12.2 Å². The van der Waals surface area contributed by atoms with E-state index in [1.807, 2.05) is 24.3 Å². The number of aromatic hydroxyl groups is 1. The number of hydrogen-bond donors (Lipinski definition) is 3. The van der Waals surface area contributed by atoms with Gasteiger partial charge in [0, 0.05) is 35.8 Å². The molecule has 0 fully saturated rings. The lowest BCUT2D eigenvalue weighted by molar-refractivity contribution is -0.142. The van der Waals surface area contributed by atoms with E-state index in [-0.39, 0.29) is 16.8 Å². The molecule has 10 nitrogen and oxygen atoms in total. The summed E-state index contributed by atoms with van der Waals surface area (Å²) in [5.41, 5.74) is 1.25. The van der Waals surface area contributed by atoms with Gasteiger partial charge in [0.1, 0.15) is 17.1 Å². The van der Waals surface area contributed by atoms with E-state index >= 15 is 0 Å². The summed E-state index contributed by atoms with van der Waals surface area (Å²) < 4.78 is 16.8. The number of nitrogens with one attached hydrogen (secondary N) is 2. The number of aromatic amines is 2. The molecule has 0 saturated carbocycles. The first-order valence-electron chi connectivity index (χ1n) is 10.8. The first kappa shape index (κ1) is 24.7. The minimum absolute atomic E-state index is 0.0653. The van der Waals surface area contributed by atoms with Crippen LogP contribution in [0.3, 0.4) is 0 Å².